The molecule has 0 unspecified atom stereocenters. The molecule has 172 valence electrons. The van der Waals surface area contributed by atoms with Crippen molar-refractivity contribution in [2.45, 2.75) is 32.9 Å². The fourth-order valence-corrected chi connectivity index (χ4v) is 4.58. The van der Waals surface area contributed by atoms with Gasteiger partial charge >= 0.3 is 0 Å². The maximum absolute atomic E-state index is 13.1. The largest absolute Gasteiger partial charge is 0.497 e. The highest BCUT2D eigenvalue weighted by molar-refractivity contribution is 7.11. The molecule has 0 aliphatic carbocycles. The van der Waals surface area contributed by atoms with Crippen LogP contribution < -0.4 is 14.8 Å². The van der Waals surface area contributed by atoms with Crippen molar-refractivity contribution in [2.75, 3.05) is 20.8 Å². The Hall–Kier alpha value is -3.46. The second-order valence-corrected chi connectivity index (χ2v) is 8.68. The van der Waals surface area contributed by atoms with Crippen LogP contribution in [0.3, 0.4) is 0 Å². The van der Waals surface area contributed by atoms with E-state index < -0.39 is 0 Å². The summed E-state index contributed by atoms with van der Waals surface area (Å²) in [4.78, 5) is 36.3. The average Bonchev–Trinajstić information content (AvgIpc) is 3.38. The minimum absolute atomic E-state index is 0.0211. The van der Waals surface area contributed by atoms with Crippen LogP contribution in [0.4, 0.5) is 0 Å². The van der Waals surface area contributed by atoms with Crippen molar-refractivity contribution in [1.82, 2.24) is 20.2 Å². The number of nitrogens with zero attached hydrogens (tertiary/aromatic N) is 3. The van der Waals surface area contributed by atoms with Crippen molar-refractivity contribution in [3.8, 4) is 11.5 Å². The van der Waals surface area contributed by atoms with E-state index in [0.29, 0.717) is 42.4 Å². The van der Waals surface area contributed by atoms with Crippen LogP contribution in [0.15, 0.2) is 36.1 Å². The summed E-state index contributed by atoms with van der Waals surface area (Å²) >= 11 is 1.31. The first-order valence-corrected chi connectivity index (χ1v) is 11.5. The number of aromatic nitrogens is 2. The number of methoxy groups -OCH3 is 2. The molecular formula is C24H26N4O4S. The van der Waals surface area contributed by atoms with Gasteiger partial charge in [-0.3, -0.25) is 19.6 Å². The first kappa shape index (κ1) is 22.7. The van der Waals surface area contributed by atoms with Crippen LogP contribution in [0.5, 0.6) is 11.5 Å². The first-order valence-electron chi connectivity index (χ1n) is 10.6. The van der Waals surface area contributed by atoms with E-state index in [4.69, 9.17) is 9.47 Å². The molecule has 1 aliphatic heterocycles. The second kappa shape index (κ2) is 9.99. The highest BCUT2D eigenvalue weighted by Gasteiger charge is 2.25. The molecule has 0 fully saturated rings. The topological polar surface area (TPSA) is 93.7 Å². The van der Waals surface area contributed by atoms with E-state index in [0.717, 1.165) is 27.9 Å². The molecule has 0 atom stereocenters. The molecule has 1 aliphatic rings. The number of aryl methyl sites for hydroxylation is 1. The summed E-state index contributed by atoms with van der Waals surface area (Å²) < 4.78 is 10.7. The Balaban J connectivity index is 1.47. The number of amides is 2. The average molecular weight is 467 g/mol. The lowest BCUT2D eigenvalue weighted by atomic mass is 9.94. The molecule has 2 aromatic heterocycles. The van der Waals surface area contributed by atoms with Crippen LogP contribution in [0.1, 0.15) is 37.6 Å². The molecule has 0 saturated carbocycles. The third-order valence-corrected chi connectivity index (χ3v) is 6.63. The van der Waals surface area contributed by atoms with Gasteiger partial charge in [-0.25, -0.2) is 0 Å². The van der Waals surface area contributed by atoms with Gasteiger partial charge in [-0.2, -0.15) is 0 Å². The number of ether oxygens (including phenoxy) is 2. The van der Waals surface area contributed by atoms with E-state index in [1.54, 1.807) is 25.9 Å². The minimum atomic E-state index is -0.144. The number of carbonyl (C=O) groups excluding carboxylic acids is 2. The second-order valence-electron chi connectivity index (χ2n) is 7.79. The van der Waals surface area contributed by atoms with Gasteiger partial charge in [0.1, 0.15) is 16.4 Å². The van der Waals surface area contributed by atoms with Crippen molar-refractivity contribution in [3.05, 3.63) is 68.9 Å². The molecule has 0 saturated heterocycles. The van der Waals surface area contributed by atoms with Crippen molar-refractivity contribution < 1.29 is 19.1 Å². The maximum Gasteiger partial charge on any atom is 0.263 e. The smallest absolute Gasteiger partial charge is 0.263 e. The third kappa shape index (κ3) is 4.98. The van der Waals surface area contributed by atoms with E-state index in [2.05, 4.69) is 15.3 Å². The fraction of sp³-hybridized carbons (Fsp3) is 0.333. The van der Waals surface area contributed by atoms with E-state index in [-0.39, 0.29) is 18.2 Å². The van der Waals surface area contributed by atoms with Crippen LogP contribution in [0.25, 0.3) is 0 Å². The van der Waals surface area contributed by atoms with E-state index >= 15 is 0 Å². The summed E-state index contributed by atoms with van der Waals surface area (Å²) in [5, 5.41) is 2.97. The van der Waals surface area contributed by atoms with Crippen LogP contribution in [0.2, 0.25) is 0 Å². The number of benzene rings is 1. The Morgan fingerprint density at radius 3 is 2.79 bits per heavy atom. The van der Waals surface area contributed by atoms with Crippen LogP contribution in [-0.2, 0) is 30.7 Å². The van der Waals surface area contributed by atoms with Gasteiger partial charge in [0, 0.05) is 37.1 Å². The van der Waals surface area contributed by atoms with Gasteiger partial charge in [-0.1, -0.05) is 0 Å². The highest BCUT2D eigenvalue weighted by atomic mass is 32.1. The Bertz CT molecular complexity index is 1160. The number of fused-ring (bicyclic) bond motifs is 1. The van der Waals surface area contributed by atoms with Crippen molar-refractivity contribution in [3.63, 3.8) is 0 Å². The lowest BCUT2D eigenvalue weighted by Crippen LogP contribution is -2.38. The van der Waals surface area contributed by atoms with Crippen molar-refractivity contribution in [1.29, 1.82) is 0 Å². The Kier molecular flexibility index (Phi) is 6.88. The molecular weight excluding hydrogens is 440 g/mol. The Labute approximate surface area is 196 Å². The predicted molar refractivity (Wildman–Crippen MR) is 125 cm³/mol. The molecule has 0 spiro atoms. The van der Waals surface area contributed by atoms with E-state index in [1.165, 1.54) is 11.3 Å². The number of hydrogen-bond donors (Lipinski definition) is 1. The zero-order chi connectivity index (χ0) is 23.4. The van der Waals surface area contributed by atoms with E-state index in [9.17, 15) is 9.59 Å². The monoisotopic (exact) mass is 466 g/mol. The Morgan fingerprint density at radius 2 is 2.06 bits per heavy atom. The van der Waals surface area contributed by atoms with E-state index in [1.807, 2.05) is 36.2 Å². The van der Waals surface area contributed by atoms with Crippen LogP contribution in [0, 0.1) is 6.92 Å². The lowest BCUT2D eigenvalue weighted by Gasteiger charge is -2.31. The van der Waals surface area contributed by atoms with Gasteiger partial charge in [0.05, 0.1) is 32.3 Å². The predicted octanol–water partition coefficient (Wildman–Crippen LogP) is 2.92. The van der Waals surface area contributed by atoms with Gasteiger partial charge < -0.3 is 19.7 Å². The summed E-state index contributed by atoms with van der Waals surface area (Å²) in [6, 6.07) is 5.46. The zero-order valence-electron chi connectivity index (χ0n) is 18.9. The first-order chi connectivity index (χ1) is 16.0. The zero-order valence-corrected chi connectivity index (χ0v) is 19.7. The number of nitrogens with one attached hydrogen (secondary N) is 1. The van der Waals surface area contributed by atoms with Crippen molar-refractivity contribution in [2.24, 2.45) is 0 Å². The standard InChI is InChI=1S/C24H26N4O4S/c1-15-20(11-27-24(30)22-12-25-14-33-22)19-6-7-28(13-17(19)10-26-15)23(29)9-16-8-18(31-2)4-5-21(16)32-3/h4-5,8,10,12,14H,6-7,9,11,13H2,1-3H3,(H,27,30). The van der Waals surface area contributed by atoms with Gasteiger partial charge in [0.2, 0.25) is 5.91 Å². The molecule has 3 aromatic rings. The summed E-state index contributed by atoms with van der Waals surface area (Å²) in [6.45, 7) is 3.44. The summed E-state index contributed by atoms with van der Waals surface area (Å²) in [6.07, 6.45) is 4.34. The molecule has 0 bridgehead atoms. The summed E-state index contributed by atoms with van der Waals surface area (Å²) in [7, 11) is 3.19. The SMILES string of the molecule is COc1ccc(OC)c(CC(=O)N2CCc3c(cnc(C)c3CNC(=O)c3cncs3)C2)c1. The molecule has 0 radical (unpaired) electrons. The van der Waals surface area contributed by atoms with Crippen LogP contribution >= 0.6 is 11.3 Å². The van der Waals surface area contributed by atoms with Crippen LogP contribution in [-0.4, -0.2) is 47.4 Å². The molecule has 1 aromatic carbocycles. The molecule has 8 nitrogen and oxygen atoms in total. The van der Waals surface area contributed by atoms with Gasteiger partial charge in [0.25, 0.3) is 5.91 Å². The van der Waals surface area contributed by atoms with Gasteiger partial charge in [-0.05, 0) is 48.2 Å². The number of rotatable bonds is 7. The third-order valence-electron chi connectivity index (χ3n) is 5.86. The lowest BCUT2D eigenvalue weighted by molar-refractivity contribution is -0.131. The van der Waals surface area contributed by atoms with Gasteiger partial charge in [0.15, 0.2) is 0 Å². The molecule has 4 rings (SSSR count). The minimum Gasteiger partial charge on any atom is -0.497 e. The normalized spacial score (nSPS) is 12.8. The van der Waals surface area contributed by atoms with Gasteiger partial charge in [-0.15, -0.1) is 11.3 Å². The number of carbonyl (C=O) groups is 2. The number of pyridine rings is 1. The molecule has 1 N–H and O–H groups in total. The fourth-order valence-electron chi connectivity index (χ4n) is 4.05. The maximum atomic E-state index is 13.1. The number of thiazole rings is 1. The number of hydrogen-bond acceptors (Lipinski definition) is 7. The quantitative estimate of drug-likeness (QED) is 0.576. The molecule has 3 heterocycles. The summed E-state index contributed by atoms with van der Waals surface area (Å²) in [5.41, 5.74) is 6.51. The highest BCUT2D eigenvalue weighted by Crippen LogP contribution is 2.27. The molecule has 33 heavy (non-hydrogen) atoms. The molecule has 2 amide bonds. The summed E-state index contributed by atoms with van der Waals surface area (Å²) in [5.74, 6) is 1.23. The van der Waals surface area contributed by atoms with Crippen molar-refractivity contribution >= 4 is 23.2 Å². The molecule has 9 heteroatoms. The Morgan fingerprint density at radius 1 is 1.21 bits per heavy atom.